The van der Waals surface area contributed by atoms with Gasteiger partial charge in [-0.1, -0.05) is 24.3 Å². The van der Waals surface area contributed by atoms with Crippen molar-refractivity contribution < 1.29 is 9.90 Å². The van der Waals surface area contributed by atoms with Crippen molar-refractivity contribution in [2.75, 3.05) is 11.9 Å². The number of carboxylic acids is 1. The Kier molecular flexibility index (Phi) is 3.58. The lowest BCUT2D eigenvalue weighted by atomic mass is 10.1. The molecule has 5 heteroatoms. The molecule has 1 aromatic heterocycles. The molecule has 0 saturated carbocycles. The summed E-state index contributed by atoms with van der Waals surface area (Å²) in [7, 11) is 2.02. The first-order valence-electron chi connectivity index (χ1n) is 6.53. The number of rotatable bonds is 4. The number of aromatic carboxylic acids is 1. The first-order chi connectivity index (χ1) is 10.1. The van der Waals surface area contributed by atoms with Gasteiger partial charge < -0.3 is 10.0 Å². The molecule has 3 rings (SSSR count). The van der Waals surface area contributed by atoms with Gasteiger partial charge in [-0.25, -0.2) is 4.79 Å². The van der Waals surface area contributed by atoms with Crippen LogP contribution in [0.2, 0.25) is 0 Å². The Morgan fingerprint density at radius 1 is 1.19 bits per heavy atom. The van der Waals surface area contributed by atoms with Gasteiger partial charge in [-0.15, -0.1) is 0 Å². The number of benzene rings is 2. The zero-order valence-electron chi connectivity index (χ0n) is 11.5. The Balaban J connectivity index is 1.82. The standard InChI is InChI=1S/C16H14N2O2S/c1-18(10-11-6-8-12(9-7-11)16(19)20)15-13-4-2-3-5-14(13)17-21-15/h2-9H,10H2,1H3,(H,19,20). The van der Waals surface area contributed by atoms with E-state index in [1.165, 1.54) is 11.5 Å². The number of carbonyl (C=O) groups is 1. The van der Waals surface area contributed by atoms with Crippen molar-refractivity contribution in [2.45, 2.75) is 6.54 Å². The fourth-order valence-corrected chi connectivity index (χ4v) is 3.07. The molecule has 4 nitrogen and oxygen atoms in total. The van der Waals surface area contributed by atoms with Crippen molar-refractivity contribution >= 4 is 33.4 Å². The third-order valence-corrected chi connectivity index (χ3v) is 4.32. The topological polar surface area (TPSA) is 53.4 Å². The molecule has 0 spiro atoms. The van der Waals surface area contributed by atoms with Gasteiger partial charge in [0.05, 0.1) is 11.1 Å². The second-order valence-corrected chi connectivity index (χ2v) is 5.61. The number of aromatic nitrogens is 1. The zero-order valence-corrected chi connectivity index (χ0v) is 12.3. The van der Waals surface area contributed by atoms with Crippen LogP contribution in [0.3, 0.4) is 0 Å². The van der Waals surface area contributed by atoms with Crippen molar-refractivity contribution in [1.82, 2.24) is 4.37 Å². The van der Waals surface area contributed by atoms with Gasteiger partial charge >= 0.3 is 5.97 Å². The Bertz CT molecular complexity index is 780. The fourth-order valence-electron chi connectivity index (χ4n) is 2.25. The highest BCUT2D eigenvalue weighted by molar-refractivity contribution is 7.11. The molecule has 2 aromatic carbocycles. The molecule has 0 bridgehead atoms. The van der Waals surface area contributed by atoms with E-state index in [1.807, 2.05) is 37.4 Å². The molecule has 106 valence electrons. The average Bonchev–Trinajstić information content (AvgIpc) is 2.92. The molecule has 0 saturated heterocycles. The number of anilines is 1. The van der Waals surface area contributed by atoms with Crippen molar-refractivity contribution in [2.24, 2.45) is 0 Å². The number of hydrogen-bond acceptors (Lipinski definition) is 4. The van der Waals surface area contributed by atoms with E-state index in [-0.39, 0.29) is 0 Å². The molecule has 0 unspecified atom stereocenters. The Morgan fingerprint density at radius 3 is 2.62 bits per heavy atom. The monoisotopic (exact) mass is 298 g/mol. The lowest BCUT2D eigenvalue weighted by molar-refractivity contribution is 0.0697. The summed E-state index contributed by atoms with van der Waals surface area (Å²) in [5.74, 6) is -0.900. The van der Waals surface area contributed by atoms with Crippen molar-refractivity contribution in [1.29, 1.82) is 0 Å². The fraction of sp³-hybridized carbons (Fsp3) is 0.125. The number of hydrogen-bond donors (Lipinski definition) is 1. The lowest BCUT2D eigenvalue weighted by Gasteiger charge is -2.17. The maximum absolute atomic E-state index is 10.9. The van der Waals surface area contributed by atoms with Crippen LogP contribution in [0.4, 0.5) is 5.00 Å². The summed E-state index contributed by atoms with van der Waals surface area (Å²) in [6.07, 6.45) is 0. The van der Waals surface area contributed by atoms with Crippen LogP contribution in [-0.4, -0.2) is 22.5 Å². The smallest absolute Gasteiger partial charge is 0.335 e. The Labute approximate surface area is 126 Å². The van der Waals surface area contributed by atoms with Crippen LogP contribution >= 0.6 is 11.5 Å². The third kappa shape index (κ3) is 2.73. The normalized spacial score (nSPS) is 10.7. The van der Waals surface area contributed by atoms with Gasteiger partial charge in [0, 0.05) is 19.0 Å². The highest BCUT2D eigenvalue weighted by Gasteiger charge is 2.10. The largest absolute Gasteiger partial charge is 0.478 e. The van der Waals surface area contributed by atoms with Crippen LogP contribution < -0.4 is 4.90 Å². The quantitative estimate of drug-likeness (QED) is 0.799. The van der Waals surface area contributed by atoms with E-state index in [1.54, 1.807) is 12.1 Å². The van der Waals surface area contributed by atoms with Crippen LogP contribution in [0.15, 0.2) is 48.5 Å². The van der Waals surface area contributed by atoms with E-state index >= 15 is 0 Å². The van der Waals surface area contributed by atoms with Crippen LogP contribution in [-0.2, 0) is 6.54 Å². The van der Waals surface area contributed by atoms with Gasteiger partial charge in [0.25, 0.3) is 0 Å². The summed E-state index contributed by atoms with van der Waals surface area (Å²) >= 11 is 1.48. The summed E-state index contributed by atoms with van der Waals surface area (Å²) < 4.78 is 4.44. The zero-order chi connectivity index (χ0) is 14.8. The van der Waals surface area contributed by atoms with E-state index in [0.717, 1.165) is 21.5 Å². The summed E-state index contributed by atoms with van der Waals surface area (Å²) in [5, 5.41) is 11.2. The maximum Gasteiger partial charge on any atom is 0.335 e. The summed E-state index contributed by atoms with van der Waals surface area (Å²) in [6.45, 7) is 0.714. The molecule has 21 heavy (non-hydrogen) atoms. The van der Waals surface area contributed by atoms with E-state index < -0.39 is 5.97 Å². The van der Waals surface area contributed by atoms with Crippen LogP contribution in [0.1, 0.15) is 15.9 Å². The molecule has 0 aliphatic heterocycles. The first-order valence-corrected chi connectivity index (χ1v) is 7.30. The number of fused-ring (bicyclic) bond motifs is 1. The van der Waals surface area contributed by atoms with E-state index in [4.69, 9.17) is 5.11 Å². The number of nitrogens with zero attached hydrogens (tertiary/aromatic N) is 2. The van der Waals surface area contributed by atoms with Gasteiger partial charge in [-0.05, 0) is 41.4 Å². The van der Waals surface area contributed by atoms with Crippen LogP contribution in [0, 0.1) is 0 Å². The van der Waals surface area contributed by atoms with Crippen molar-refractivity contribution in [3.8, 4) is 0 Å². The van der Waals surface area contributed by atoms with Gasteiger partial charge in [0.1, 0.15) is 5.00 Å². The highest BCUT2D eigenvalue weighted by Crippen LogP contribution is 2.31. The summed E-state index contributed by atoms with van der Waals surface area (Å²) in [4.78, 5) is 13.0. The molecule has 0 radical (unpaired) electrons. The van der Waals surface area contributed by atoms with Gasteiger partial charge in [0.2, 0.25) is 0 Å². The second-order valence-electron chi connectivity index (χ2n) is 4.86. The lowest BCUT2D eigenvalue weighted by Crippen LogP contribution is -2.15. The predicted octanol–water partition coefficient (Wildman–Crippen LogP) is 3.63. The SMILES string of the molecule is CN(Cc1ccc(C(=O)O)cc1)c1snc2ccccc12. The Morgan fingerprint density at radius 2 is 1.90 bits per heavy atom. The molecule has 0 fully saturated rings. The minimum Gasteiger partial charge on any atom is -0.478 e. The molecule has 0 aliphatic rings. The summed E-state index contributed by atoms with van der Waals surface area (Å²) in [6, 6.07) is 15.0. The molecule has 3 aromatic rings. The third-order valence-electron chi connectivity index (χ3n) is 3.33. The molecular weight excluding hydrogens is 284 g/mol. The maximum atomic E-state index is 10.9. The van der Waals surface area contributed by atoms with Gasteiger partial charge in [0.15, 0.2) is 0 Å². The van der Waals surface area contributed by atoms with Crippen LogP contribution in [0.25, 0.3) is 10.9 Å². The highest BCUT2D eigenvalue weighted by atomic mass is 32.1. The van der Waals surface area contributed by atoms with Crippen molar-refractivity contribution in [3.63, 3.8) is 0 Å². The molecule has 1 N–H and O–H groups in total. The minimum absolute atomic E-state index is 0.310. The molecule has 0 atom stereocenters. The molecule has 0 aliphatic carbocycles. The van der Waals surface area contributed by atoms with E-state index in [0.29, 0.717) is 12.1 Å². The second kappa shape index (κ2) is 5.54. The number of carboxylic acid groups (broad SMARTS) is 1. The van der Waals surface area contributed by atoms with E-state index in [9.17, 15) is 4.79 Å². The summed E-state index contributed by atoms with van der Waals surface area (Å²) in [5.41, 5.74) is 2.38. The first kappa shape index (κ1) is 13.6. The van der Waals surface area contributed by atoms with Gasteiger partial charge in [-0.3, -0.25) is 0 Å². The average molecular weight is 298 g/mol. The molecular formula is C16H14N2O2S. The van der Waals surface area contributed by atoms with Crippen LogP contribution in [0.5, 0.6) is 0 Å². The predicted molar refractivity (Wildman–Crippen MR) is 85.1 cm³/mol. The molecule has 1 heterocycles. The van der Waals surface area contributed by atoms with Crippen molar-refractivity contribution in [3.05, 3.63) is 59.7 Å². The molecule has 0 amide bonds. The Hall–Kier alpha value is -2.40. The minimum atomic E-state index is -0.900. The van der Waals surface area contributed by atoms with E-state index in [2.05, 4.69) is 15.3 Å². The van der Waals surface area contributed by atoms with Gasteiger partial charge in [-0.2, -0.15) is 4.37 Å².